The zero-order valence-corrected chi connectivity index (χ0v) is 15.2. The van der Waals surface area contributed by atoms with Crippen molar-refractivity contribution in [1.29, 1.82) is 0 Å². The molecule has 1 aliphatic rings. The van der Waals surface area contributed by atoms with Crippen molar-refractivity contribution in [1.82, 2.24) is 4.98 Å². The SMILES string of the molecule is O=C(COc1ccccc1-c1ccccc1)Nc1nc2c(s1)CCCC2. The molecule has 3 aromatic rings. The van der Waals surface area contributed by atoms with Gasteiger partial charge in [-0.2, -0.15) is 0 Å². The van der Waals surface area contributed by atoms with Crippen molar-refractivity contribution in [2.75, 3.05) is 11.9 Å². The first kappa shape index (κ1) is 16.8. The first-order valence-corrected chi connectivity index (χ1v) is 9.67. The van der Waals surface area contributed by atoms with Gasteiger partial charge in [0.1, 0.15) is 5.75 Å². The Morgan fingerprint density at radius 3 is 2.65 bits per heavy atom. The highest BCUT2D eigenvalue weighted by atomic mass is 32.1. The van der Waals surface area contributed by atoms with Crippen LogP contribution in [0.4, 0.5) is 5.13 Å². The zero-order chi connectivity index (χ0) is 17.8. The molecule has 0 spiro atoms. The fraction of sp³-hybridized carbons (Fsp3) is 0.238. The van der Waals surface area contributed by atoms with E-state index in [9.17, 15) is 4.79 Å². The van der Waals surface area contributed by atoms with Crippen molar-refractivity contribution < 1.29 is 9.53 Å². The van der Waals surface area contributed by atoms with Gasteiger partial charge in [0.15, 0.2) is 11.7 Å². The summed E-state index contributed by atoms with van der Waals surface area (Å²) in [7, 11) is 0. The van der Waals surface area contributed by atoms with Crippen molar-refractivity contribution >= 4 is 22.4 Å². The van der Waals surface area contributed by atoms with E-state index < -0.39 is 0 Å². The number of thiazole rings is 1. The highest BCUT2D eigenvalue weighted by Gasteiger charge is 2.16. The van der Waals surface area contributed by atoms with Crippen LogP contribution in [-0.4, -0.2) is 17.5 Å². The molecule has 1 N–H and O–H groups in total. The van der Waals surface area contributed by atoms with Gasteiger partial charge < -0.3 is 4.74 Å². The number of amides is 1. The van der Waals surface area contributed by atoms with Crippen LogP contribution in [0.15, 0.2) is 54.6 Å². The summed E-state index contributed by atoms with van der Waals surface area (Å²) >= 11 is 1.59. The second-order valence-electron chi connectivity index (χ2n) is 6.30. The number of nitrogens with zero attached hydrogens (tertiary/aromatic N) is 1. The molecular formula is C21H20N2O2S. The van der Waals surface area contributed by atoms with Gasteiger partial charge >= 0.3 is 0 Å². The molecule has 0 saturated heterocycles. The molecule has 1 heterocycles. The number of carbonyl (C=O) groups excluding carboxylic acids is 1. The molecule has 0 aliphatic heterocycles. The number of para-hydroxylation sites is 1. The molecule has 0 atom stereocenters. The van der Waals surface area contributed by atoms with Gasteiger partial charge in [-0.15, -0.1) is 11.3 Å². The van der Waals surface area contributed by atoms with E-state index in [0.717, 1.165) is 29.7 Å². The molecule has 0 unspecified atom stereocenters. The van der Waals surface area contributed by atoms with Crippen molar-refractivity contribution in [2.24, 2.45) is 0 Å². The third-order valence-corrected chi connectivity index (χ3v) is 5.50. The number of aryl methyl sites for hydroxylation is 2. The van der Waals surface area contributed by atoms with Crippen LogP contribution in [0.5, 0.6) is 5.75 Å². The zero-order valence-electron chi connectivity index (χ0n) is 14.4. The molecular weight excluding hydrogens is 344 g/mol. The van der Waals surface area contributed by atoms with Crippen LogP contribution in [0.25, 0.3) is 11.1 Å². The summed E-state index contributed by atoms with van der Waals surface area (Å²) in [4.78, 5) is 18.1. The Balaban J connectivity index is 1.41. The minimum absolute atomic E-state index is 0.0336. The van der Waals surface area contributed by atoms with Crippen LogP contribution < -0.4 is 10.1 Å². The maximum Gasteiger partial charge on any atom is 0.264 e. The quantitative estimate of drug-likeness (QED) is 0.713. The molecule has 1 amide bonds. The van der Waals surface area contributed by atoms with Gasteiger partial charge in [-0.25, -0.2) is 4.98 Å². The van der Waals surface area contributed by atoms with Gasteiger partial charge in [-0.3, -0.25) is 10.1 Å². The van der Waals surface area contributed by atoms with Gasteiger partial charge in [-0.05, 0) is 37.3 Å². The number of aromatic nitrogens is 1. The summed E-state index contributed by atoms with van der Waals surface area (Å²) < 4.78 is 5.79. The first-order valence-electron chi connectivity index (χ1n) is 8.85. The number of hydrogen-bond donors (Lipinski definition) is 1. The lowest BCUT2D eigenvalue weighted by Crippen LogP contribution is -2.20. The molecule has 132 valence electrons. The van der Waals surface area contributed by atoms with Crippen molar-refractivity contribution in [3.8, 4) is 16.9 Å². The highest BCUT2D eigenvalue weighted by Crippen LogP contribution is 2.31. The van der Waals surface area contributed by atoms with E-state index in [1.54, 1.807) is 11.3 Å². The number of ether oxygens (including phenoxy) is 1. The molecule has 1 aromatic heterocycles. The van der Waals surface area contributed by atoms with Crippen molar-refractivity contribution in [2.45, 2.75) is 25.7 Å². The van der Waals surface area contributed by atoms with E-state index in [1.807, 2.05) is 54.6 Å². The number of benzene rings is 2. The Hall–Kier alpha value is -2.66. The Morgan fingerprint density at radius 1 is 1.04 bits per heavy atom. The topological polar surface area (TPSA) is 51.2 Å². The molecule has 1 aliphatic carbocycles. The summed E-state index contributed by atoms with van der Waals surface area (Å²) in [5.74, 6) is 0.520. The standard InChI is InChI=1S/C21H20N2O2S/c24-20(23-21-22-17-11-5-7-13-19(17)26-21)14-25-18-12-6-4-10-16(18)15-8-2-1-3-9-15/h1-4,6,8-10,12H,5,7,11,13-14H2,(H,22,23,24). The van der Waals surface area contributed by atoms with Crippen LogP contribution >= 0.6 is 11.3 Å². The second-order valence-corrected chi connectivity index (χ2v) is 7.38. The van der Waals surface area contributed by atoms with Gasteiger partial charge in [0, 0.05) is 10.4 Å². The minimum atomic E-state index is -0.182. The predicted octanol–water partition coefficient (Wildman–Crippen LogP) is 4.71. The van der Waals surface area contributed by atoms with Gasteiger partial charge in [0.2, 0.25) is 0 Å². The highest BCUT2D eigenvalue weighted by molar-refractivity contribution is 7.15. The van der Waals surface area contributed by atoms with E-state index >= 15 is 0 Å². The average molecular weight is 364 g/mol. The van der Waals surface area contributed by atoms with Gasteiger partial charge in [-0.1, -0.05) is 48.5 Å². The maximum absolute atomic E-state index is 12.3. The van der Waals surface area contributed by atoms with E-state index in [0.29, 0.717) is 10.9 Å². The third-order valence-electron chi connectivity index (χ3n) is 4.42. The average Bonchev–Trinajstić information content (AvgIpc) is 3.09. The molecule has 0 saturated carbocycles. The normalized spacial score (nSPS) is 13.1. The largest absolute Gasteiger partial charge is 0.483 e. The summed E-state index contributed by atoms with van der Waals surface area (Å²) in [6.07, 6.45) is 4.48. The first-order chi connectivity index (χ1) is 12.8. The lowest BCUT2D eigenvalue weighted by Gasteiger charge is -2.11. The Labute approximate surface area is 156 Å². The molecule has 0 bridgehead atoms. The van der Waals surface area contributed by atoms with Crippen LogP contribution in [0.3, 0.4) is 0 Å². The van der Waals surface area contributed by atoms with E-state index in [2.05, 4.69) is 10.3 Å². The summed E-state index contributed by atoms with van der Waals surface area (Å²) in [5.41, 5.74) is 3.19. The molecule has 0 radical (unpaired) electrons. The number of nitrogens with one attached hydrogen (secondary N) is 1. The maximum atomic E-state index is 12.3. The van der Waals surface area contributed by atoms with Crippen LogP contribution in [0.1, 0.15) is 23.4 Å². The molecule has 4 rings (SSSR count). The smallest absolute Gasteiger partial charge is 0.264 e. The fourth-order valence-electron chi connectivity index (χ4n) is 3.15. The van der Waals surface area contributed by atoms with E-state index in [4.69, 9.17) is 4.74 Å². The monoisotopic (exact) mass is 364 g/mol. The number of carbonyl (C=O) groups is 1. The number of anilines is 1. The minimum Gasteiger partial charge on any atom is -0.483 e. The van der Waals surface area contributed by atoms with Crippen LogP contribution in [0, 0.1) is 0 Å². The summed E-state index contributed by atoms with van der Waals surface area (Å²) in [5, 5.41) is 3.55. The number of hydrogen-bond acceptors (Lipinski definition) is 4. The van der Waals surface area contributed by atoms with Crippen LogP contribution in [-0.2, 0) is 17.6 Å². The lowest BCUT2D eigenvalue weighted by atomic mass is 10.0. The summed E-state index contributed by atoms with van der Waals surface area (Å²) in [6.45, 7) is -0.0336. The lowest BCUT2D eigenvalue weighted by molar-refractivity contribution is -0.118. The summed E-state index contributed by atoms with van der Waals surface area (Å²) in [6, 6.07) is 17.8. The Morgan fingerprint density at radius 2 is 1.81 bits per heavy atom. The van der Waals surface area contributed by atoms with Crippen molar-refractivity contribution in [3.63, 3.8) is 0 Å². The van der Waals surface area contributed by atoms with Crippen molar-refractivity contribution in [3.05, 3.63) is 65.2 Å². The molecule has 5 heteroatoms. The van der Waals surface area contributed by atoms with Crippen LogP contribution in [0.2, 0.25) is 0 Å². The third kappa shape index (κ3) is 3.78. The molecule has 0 fully saturated rings. The second kappa shape index (κ2) is 7.70. The number of fused-ring (bicyclic) bond motifs is 1. The molecule has 2 aromatic carbocycles. The van der Waals surface area contributed by atoms with E-state index in [-0.39, 0.29) is 12.5 Å². The number of rotatable bonds is 5. The predicted molar refractivity (Wildman–Crippen MR) is 105 cm³/mol. The fourth-order valence-corrected chi connectivity index (χ4v) is 4.22. The van der Waals surface area contributed by atoms with Gasteiger partial charge in [0.05, 0.1) is 5.69 Å². The Kier molecular flexibility index (Phi) is 4.97. The van der Waals surface area contributed by atoms with Gasteiger partial charge in [0.25, 0.3) is 5.91 Å². The molecule has 26 heavy (non-hydrogen) atoms. The van der Waals surface area contributed by atoms with E-state index in [1.165, 1.54) is 17.7 Å². The molecule has 4 nitrogen and oxygen atoms in total. The Bertz CT molecular complexity index is 882.